The Bertz CT molecular complexity index is 2190. The number of nitrogens with one attached hydrogen (secondary N) is 2. The Balaban J connectivity index is 1.12. The molecule has 2 aliphatic carbocycles. The number of carbonyl (C=O) groups is 3. The zero-order valence-electron chi connectivity index (χ0n) is 25.9. The van der Waals surface area contributed by atoms with Gasteiger partial charge in [0.25, 0.3) is 11.6 Å². The molecule has 262 valence electrons. The van der Waals surface area contributed by atoms with Crippen LogP contribution < -0.4 is 19.8 Å². The number of aromatic nitrogens is 1. The van der Waals surface area contributed by atoms with E-state index in [2.05, 4.69) is 10.3 Å². The summed E-state index contributed by atoms with van der Waals surface area (Å²) in [6, 6.07) is 14.6. The van der Waals surface area contributed by atoms with Gasteiger partial charge in [-0.15, -0.1) is 11.8 Å². The Morgan fingerprint density at radius 3 is 2.45 bits per heavy atom. The summed E-state index contributed by atoms with van der Waals surface area (Å²) in [4.78, 5) is 68.7. The average molecular weight is 757 g/mol. The summed E-state index contributed by atoms with van der Waals surface area (Å²) in [7, 11) is 0. The molecule has 3 aromatic carbocycles. The molecule has 0 spiro atoms. The second-order valence-corrected chi connectivity index (χ2v) is 15.4. The molecule has 3 amide bonds. The standard InChI is InChI=1S/C34H24ClF3N4O7S2/c35-14-5-10-22(49-13-23(43)39-21-4-2-1-3-20(21)34(36,37)38)17(11-14)24-25-18-12-19(28(25)50-30-29(24)51-33(46)40-30)27-26(18)31(44)41(32(27)45)15-6-8-16(9-7-15)42(47)48/h1-11,18-19,24-28H,12-13H2,(H,39,43)(H,40,46)/t18-,19-,24+,25-,26+,27+,28-/m1/s1. The number of thiazole rings is 1. The molecule has 0 radical (unpaired) electrons. The number of hydrogen-bond donors (Lipinski definition) is 2. The first-order chi connectivity index (χ1) is 24.3. The van der Waals surface area contributed by atoms with E-state index >= 15 is 0 Å². The van der Waals surface area contributed by atoms with E-state index in [1.807, 2.05) is 0 Å². The van der Waals surface area contributed by atoms with Crippen molar-refractivity contribution in [2.45, 2.75) is 28.8 Å². The van der Waals surface area contributed by atoms with Gasteiger partial charge in [-0.2, -0.15) is 13.2 Å². The predicted octanol–water partition coefficient (Wildman–Crippen LogP) is 6.71. The molecular weight excluding hydrogens is 733 g/mol. The maximum atomic E-state index is 14.1. The molecule has 1 saturated heterocycles. The second kappa shape index (κ2) is 12.2. The lowest BCUT2D eigenvalue weighted by atomic mass is 9.68. The van der Waals surface area contributed by atoms with Crippen LogP contribution in [0.5, 0.6) is 5.75 Å². The quantitative estimate of drug-likeness (QED) is 0.120. The third-order valence-corrected chi connectivity index (χ3v) is 13.0. The smallest absolute Gasteiger partial charge is 0.418 e. The number of H-pyrrole nitrogens is 1. The summed E-state index contributed by atoms with van der Waals surface area (Å²) in [6.07, 6.45) is -4.11. The van der Waals surface area contributed by atoms with Gasteiger partial charge in [0, 0.05) is 38.8 Å². The lowest BCUT2D eigenvalue weighted by Crippen LogP contribution is -2.42. The van der Waals surface area contributed by atoms with E-state index in [4.69, 9.17) is 16.3 Å². The van der Waals surface area contributed by atoms with Gasteiger partial charge in [-0.05, 0) is 66.6 Å². The van der Waals surface area contributed by atoms with Gasteiger partial charge in [0.05, 0.1) is 38.7 Å². The first-order valence-electron chi connectivity index (χ1n) is 15.7. The van der Waals surface area contributed by atoms with Crippen LogP contribution in [-0.4, -0.2) is 39.5 Å². The van der Waals surface area contributed by atoms with Gasteiger partial charge in [-0.1, -0.05) is 35.1 Å². The van der Waals surface area contributed by atoms with Crippen LogP contribution in [0, 0.1) is 39.7 Å². The van der Waals surface area contributed by atoms with Crippen LogP contribution in [-0.2, 0) is 20.6 Å². The number of ether oxygens (including phenoxy) is 1. The summed E-state index contributed by atoms with van der Waals surface area (Å²) in [6.45, 7) is -0.638. The van der Waals surface area contributed by atoms with Gasteiger partial charge in [0.2, 0.25) is 11.8 Å². The minimum atomic E-state index is -4.69. The van der Waals surface area contributed by atoms with E-state index < -0.39 is 52.6 Å². The van der Waals surface area contributed by atoms with E-state index in [0.29, 0.717) is 26.9 Å². The monoisotopic (exact) mass is 756 g/mol. The van der Waals surface area contributed by atoms with Crippen LogP contribution in [0.4, 0.5) is 30.2 Å². The number of alkyl halides is 3. The van der Waals surface area contributed by atoms with Gasteiger partial charge in [-0.3, -0.25) is 34.2 Å². The molecule has 2 N–H and O–H groups in total. The predicted molar refractivity (Wildman–Crippen MR) is 181 cm³/mol. The van der Waals surface area contributed by atoms with Gasteiger partial charge < -0.3 is 15.0 Å². The molecule has 2 saturated carbocycles. The first kappa shape index (κ1) is 33.5. The summed E-state index contributed by atoms with van der Waals surface area (Å²) in [5, 5.41) is 14.2. The highest BCUT2D eigenvalue weighted by Crippen LogP contribution is 2.69. The number of carbonyl (C=O) groups excluding carboxylic acids is 3. The molecule has 4 aromatic rings. The number of thioether (sulfide) groups is 1. The van der Waals surface area contributed by atoms with Crippen molar-refractivity contribution in [1.82, 2.24) is 4.98 Å². The Morgan fingerprint density at radius 1 is 1.04 bits per heavy atom. The zero-order chi connectivity index (χ0) is 35.9. The lowest BCUT2D eigenvalue weighted by Gasteiger charge is -2.43. The number of nitrogens with zero attached hydrogens (tertiary/aromatic N) is 2. The maximum Gasteiger partial charge on any atom is 0.418 e. The molecule has 4 aliphatic rings. The van der Waals surface area contributed by atoms with Crippen molar-refractivity contribution < 1.29 is 37.2 Å². The molecule has 2 bridgehead atoms. The van der Waals surface area contributed by atoms with Gasteiger partial charge in [-0.25, -0.2) is 0 Å². The van der Waals surface area contributed by atoms with Crippen molar-refractivity contribution in [3.63, 3.8) is 0 Å². The molecule has 51 heavy (non-hydrogen) atoms. The summed E-state index contributed by atoms with van der Waals surface area (Å²) >= 11 is 8.98. The molecule has 11 nitrogen and oxygen atoms in total. The number of para-hydroxylation sites is 1. The number of non-ortho nitro benzene ring substituents is 1. The number of halogens is 4. The van der Waals surface area contributed by atoms with Crippen LogP contribution in [0.25, 0.3) is 0 Å². The van der Waals surface area contributed by atoms with Crippen molar-refractivity contribution in [2.75, 3.05) is 16.8 Å². The minimum Gasteiger partial charge on any atom is -0.483 e. The van der Waals surface area contributed by atoms with Crippen LogP contribution >= 0.6 is 34.7 Å². The fourth-order valence-electron chi connectivity index (χ4n) is 8.41. The lowest BCUT2D eigenvalue weighted by molar-refractivity contribution is -0.384. The van der Waals surface area contributed by atoms with Crippen LogP contribution in [0.2, 0.25) is 5.02 Å². The van der Waals surface area contributed by atoms with E-state index in [1.165, 1.54) is 48.2 Å². The molecule has 17 heteroatoms. The van der Waals surface area contributed by atoms with Crippen LogP contribution in [0.1, 0.15) is 28.3 Å². The third-order valence-electron chi connectivity index (χ3n) is 10.2. The molecule has 3 fully saturated rings. The molecular formula is C34H24ClF3N4O7S2. The van der Waals surface area contributed by atoms with Crippen molar-refractivity contribution in [2.24, 2.45) is 29.6 Å². The Labute approximate surface area is 299 Å². The molecule has 3 heterocycles. The number of nitro benzene ring substituents is 1. The highest BCUT2D eigenvalue weighted by molar-refractivity contribution is 8.00. The van der Waals surface area contributed by atoms with Gasteiger partial charge >= 0.3 is 11.0 Å². The Kier molecular flexibility index (Phi) is 8.03. The molecule has 1 aromatic heterocycles. The number of benzene rings is 3. The second-order valence-electron chi connectivity index (χ2n) is 12.8. The topological polar surface area (TPSA) is 152 Å². The fourth-order valence-corrected chi connectivity index (χ4v) is 11.5. The SMILES string of the molecule is O=C(COc1ccc(Cl)cc1[C@@H]1c2sc(=O)[nH]c2S[C@@H]2[C@@H]3C[C@@H]([C@@H]4C(=O)N(c5ccc([N+](=O)[O-])cc5)C(=O)[C@@H]34)[C@H]12)Nc1ccccc1C(F)(F)F. The molecule has 8 rings (SSSR count). The summed E-state index contributed by atoms with van der Waals surface area (Å²) in [5.74, 6) is -3.95. The Hall–Kier alpha value is -4.67. The highest BCUT2D eigenvalue weighted by atomic mass is 35.5. The number of anilines is 2. The van der Waals surface area contributed by atoms with Gasteiger partial charge in [0.1, 0.15) is 5.75 Å². The summed E-state index contributed by atoms with van der Waals surface area (Å²) < 4.78 is 46.6. The number of imide groups is 1. The van der Waals surface area contributed by atoms with E-state index in [0.717, 1.165) is 28.4 Å². The molecule has 7 atom stereocenters. The van der Waals surface area contributed by atoms with Crippen molar-refractivity contribution in [1.29, 1.82) is 0 Å². The Morgan fingerprint density at radius 2 is 1.75 bits per heavy atom. The maximum absolute atomic E-state index is 14.1. The normalized spacial score (nSPS) is 26.1. The van der Waals surface area contributed by atoms with E-state index in [1.54, 1.807) is 18.2 Å². The van der Waals surface area contributed by atoms with Crippen LogP contribution in [0.15, 0.2) is 76.6 Å². The van der Waals surface area contributed by atoms with Crippen molar-refractivity contribution in [3.05, 3.63) is 108 Å². The molecule has 0 unspecified atom stereocenters. The largest absolute Gasteiger partial charge is 0.483 e. The number of hydrogen-bond acceptors (Lipinski definition) is 9. The number of fused-ring (bicyclic) bond motifs is 9. The van der Waals surface area contributed by atoms with E-state index in [-0.39, 0.29) is 56.8 Å². The van der Waals surface area contributed by atoms with E-state index in [9.17, 15) is 42.5 Å². The van der Waals surface area contributed by atoms with Crippen LogP contribution in [0.3, 0.4) is 0 Å². The van der Waals surface area contributed by atoms with Crippen molar-refractivity contribution in [3.8, 4) is 5.75 Å². The first-order valence-corrected chi connectivity index (χ1v) is 17.8. The van der Waals surface area contributed by atoms with Gasteiger partial charge in [0.15, 0.2) is 6.61 Å². The summed E-state index contributed by atoms with van der Waals surface area (Å²) in [5.41, 5.74) is -0.814. The number of rotatable bonds is 7. The zero-order valence-corrected chi connectivity index (χ0v) is 28.3. The number of amides is 3. The highest BCUT2D eigenvalue weighted by Gasteiger charge is 2.70. The number of aromatic amines is 1. The van der Waals surface area contributed by atoms with Crippen molar-refractivity contribution >= 4 is 69.5 Å². The minimum absolute atomic E-state index is 0.174. The number of nitro groups is 1. The fraction of sp³-hybridized carbons (Fsp3) is 0.294. The third kappa shape index (κ3) is 5.51. The molecule has 2 aliphatic heterocycles. The average Bonchev–Trinajstić information content (AvgIpc) is 3.82.